The van der Waals surface area contributed by atoms with Crippen LogP contribution < -0.4 is 10.6 Å². The van der Waals surface area contributed by atoms with Crippen molar-refractivity contribution in [1.82, 2.24) is 4.98 Å². The van der Waals surface area contributed by atoms with E-state index in [9.17, 15) is 0 Å². The molecule has 6 heteroatoms. The maximum absolute atomic E-state index is 8.58. The Labute approximate surface area is 112 Å². The predicted molar refractivity (Wildman–Crippen MR) is 77.6 cm³/mol. The van der Waals surface area contributed by atoms with Crippen molar-refractivity contribution < 1.29 is 5.21 Å². The fourth-order valence-corrected chi connectivity index (χ4v) is 2.53. The molecule has 0 bridgehead atoms. The van der Waals surface area contributed by atoms with Gasteiger partial charge in [-0.1, -0.05) is 12.1 Å². The molecule has 1 heterocycles. The highest BCUT2D eigenvalue weighted by molar-refractivity contribution is 7.98. The highest BCUT2D eigenvalue weighted by Gasteiger charge is 2.13. The highest BCUT2D eigenvalue weighted by Crippen LogP contribution is 2.16. The van der Waals surface area contributed by atoms with E-state index in [-0.39, 0.29) is 5.84 Å². The number of thioether (sulfide) groups is 1. The standard InChI is InChI=1S/C12H20N4OS/c1-4-10(8-18-3)16(2)11-6-5-9(7-14-11)12(13)15-17/h5-7,10,17H,4,8H2,1-3H3,(H2,13,15). The van der Waals surface area contributed by atoms with Gasteiger partial charge >= 0.3 is 0 Å². The zero-order valence-electron chi connectivity index (χ0n) is 11.0. The minimum Gasteiger partial charge on any atom is -0.409 e. The second kappa shape index (κ2) is 7.10. The Hall–Kier alpha value is -1.43. The number of pyridine rings is 1. The van der Waals surface area contributed by atoms with Gasteiger partial charge in [0.1, 0.15) is 5.82 Å². The van der Waals surface area contributed by atoms with E-state index in [0.717, 1.165) is 18.0 Å². The van der Waals surface area contributed by atoms with Crippen molar-refractivity contribution in [2.24, 2.45) is 10.9 Å². The molecule has 1 aromatic heterocycles. The number of rotatable bonds is 6. The van der Waals surface area contributed by atoms with Crippen LogP contribution in [0.1, 0.15) is 18.9 Å². The summed E-state index contributed by atoms with van der Waals surface area (Å²) in [5.41, 5.74) is 6.12. The van der Waals surface area contributed by atoms with Crippen molar-refractivity contribution in [2.75, 3.05) is 24.0 Å². The maximum Gasteiger partial charge on any atom is 0.171 e. The average molecular weight is 268 g/mol. The zero-order chi connectivity index (χ0) is 13.5. The summed E-state index contributed by atoms with van der Waals surface area (Å²) in [7, 11) is 2.04. The van der Waals surface area contributed by atoms with Gasteiger partial charge < -0.3 is 15.8 Å². The molecule has 1 aromatic rings. The summed E-state index contributed by atoms with van der Waals surface area (Å²) >= 11 is 1.83. The summed E-state index contributed by atoms with van der Waals surface area (Å²) in [4.78, 5) is 6.50. The molecule has 18 heavy (non-hydrogen) atoms. The minimum atomic E-state index is 0.0767. The number of anilines is 1. The van der Waals surface area contributed by atoms with Crippen LogP contribution in [0.4, 0.5) is 5.82 Å². The Bertz CT molecular complexity index is 394. The summed E-state index contributed by atoms with van der Waals surface area (Å²) in [5, 5.41) is 11.5. The molecule has 1 unspecified atom stereocenters. The number of aromatic nitrogens is 1. The predicted octanol–water partition coefficient (Wildman–Crippen LogP) is 1.75. The number of hydrogen-bond acceptors (Lipinski definition) is 5. The van der Waals surface area contributed by atoms with Gasteiger partial charge in [-0.15, -0.1) is 0 Å². The molecule has 100 valence electrons. The van der Waals surface area contributed by atoms with Gasteiger partial charge in [0.2, 0.25) is 0 Å². The van der Waals surface area contributed by atoms with E-state index in [2.05, 4.69) is 28.2 Å². The summed E-state index contributed by atoms with van der Waals surface area (Å²) in [6, 6.07) is 4.15. The molecule has 0 amide bonds. The fourth-order valence-electron chi connectivity index (χ4n) is 1.69. The quantitative estimate of drug-likeness (QED) is 0.356. The van der Waals surface area contributed by atoms with Crippen LogP contribution in [0.15, 0.2) is 23.5 Å². The van der Waals surface area contributed by atoms with Gasteiger partial charge in [-0.3, -0.25) is 0 Å². The van der Waals surface area contributed by atoms with Gasteiger partial charge in [0.05, 0.1) is 0 Å². The van der Waals surface area contributed by atoms with E-state index < -0.39 is 0 Å². The SMILES string of the molecule is CCC(CSC)N(C)c1ccc(/C(N)=N/O)cn1. The Morgan fingerprint density at radius 3 is 2.78 bits per heavy atom. The first-order chi connectivity index (χ1) is 8.63. The van der Waals surface area contributed by atoms with Crippen molar-refractivity contribution in [3.8, 4) is 0 Å². The number of nitrogens with zero attached hydrogens (tertiary/aromatic N) is 3. The van der Waals surface area contributed by atoms with Crippen LogP contribution in [0.25, 0.3) is 0 Å². The third kappa shape index (κ3) is 3.53. The van der Waals surface area contributed by atoms with Gasteiger partial charge in [-0.05, 0) is 24.8 Å². The summed E-state index contributed by atoms with van der Waals surface area (Å²) < 4.78 is 0. The summed E-state index contributed by atoms with van der Waals surface area (Å²) in [6.07, 6.45) is 4.79. The van der Waals surface area contributed by atoms with Crippen LogP contribution in [0, 0.1) is 0 Å². The summed E-state index contributed by atoms with van der Waals surface area (Å²) in [6.45, 7) is 2.17. The normalized spacial score (nSPS) is 13.4. The molecule has 0 spiro atoms. The third-order valence-electron chi connectivity index (χ3n) is 2.89. The second-order valence-corrected chi connectivity index (χ2v) is 4.93. The largest absolute Gasteiger partial charge is 0.409 e. The average Bonchev–Trinajstić information content (AvgIpc) is 2.43. The molecule has 0 aliphatic carbocycles. The Balaban J connectivity index is 2.84. The number of hydrogen-bond donors (Lipinski definition) is 2. The molecule has 3 N–H and O–H groups in total. The Morgan fingerprint density at radius 2 is 2.33 bits per heavy atom. The van der Waals surface area contributed by atoms with Crippen LogP contribution in [-0.4, -0.2) is 41.1 Å². The van der Waals surface area contributed by atoms with Gasteiger partial charge in [0, 0.05) is 30.6 Å². The number of oxime groups is 1. The van der Waals surface area contributed by atoms with E-state index >= 15 is 0 Å². The van der Waals surface area contributed by atoms with Gasteiger partial charge in [0.25, 0.3) is 0 Å². The lowest BCUT2D eigenvalue weighted by Gasteiger charge is -2.27. The van der Waals surface area contributed by atoms with E-state index in [1.165, 1.54) is 0 Å². The van der Waals surface area contributed by atoms with Gasteiger partial charge in [-0.2, -0.15) is 11.8 Å². The lowest BCUT2D eigenvalue weighted by atomic mass is 10.2. The topological polar surface area (TPSA) is 74.7 Å². The van der Waals surface area contributed by atoms with E-state index in [4.69, 9.17) is 10.9 Å². The molecule has 0 fully saturated rings. The van der Waals surface area contributed by atoms with Gasteiger partial charge in [-0.25, -0.2) is 4.98 Å². The van der Waals surface area contributed by atoms with Crippen LogP contribution in [0.2, 0.25) is 0 Å². The first-order valence-corrected chi connectivity index (χ1v) is 7.19. The molecule has 0 aliphatic heterocycles. The maximum atomic E-state index is 8.58. The monoisotopic (exact) mass is 268 g/mol. The van der Waals surface area contributed by atoms with Crippen LogP contribution in [0.3, 0.4) is 0 Å². The first-order valence-electron chi connectivity index (χ1n) is 5.79. The van der Waals surface area contributed by atoms with Crippen molar-refractivity contribution in [3.63, 3.8) is 0 Å². The molecule has 0 aliphatic rings. The molecule has 0 saturated heterocycles. The van der Waals surface area contributed by atoms with Gasteiger partial charge in [0.15, 0.2) is 5.84 Å². The second-order valence-electron chi connectivity index (χ2n) is 4.02. The fraction of sp³-hybridized carbons (Fsp3) is 0.500. The molecule has 1 atom stereocenters. The highest BCUT2D eigenvalue weighted by atomic mass is 32.2. The molecular weight excluding hydrogens is 248 g/mol. The molecule has 1 rings (SSSR count). The number of amidine groups is 1. The van der Waals surface area contributed by atoms with E-state index in [1.54, 1.807) is 12.3 Å². The smallest absolute Gasteiger partial charge is 0.171 e. The minimum absolute atomic E-state index is 0.0767. The zero-order valence-corrected chi connectivity index (χ0v) is 11.8. The third-order valence-corrected chi connectivity index (χ3v) is 3.61. The lowest BCUT2D eigenvalue weighted by Crippen LogP contribution is -2.33. The summed E-state index contributed by atoms with van der Waals surface area (Å²) in [5.74, 6) is 2.04. The molecule has 0 aromatic carbocycles. The van der Waals surface area contributed by atoms with Crippen molar-refractivity contribution in [3.05, 3.63) is 23.9 Å². The van der Waals surface area contributed by atoms with Crippen LogP contribution >= 0.6 is 11.8 Å². The van der Waals surface area contributed by atoms with Crippen molar-refractivity contribution in [2.45, 2.75) is 19.4 Å². The number of nitrogens with two attached hydrogens (primary N) is 1. The molecule has 5 nitrogen and oxygen atoms in total. The lowest BCUT2D eigenvalue weighted by molar-refractivity contribution is 0.318. The van der Waals surface area contributed by atoms with Crippen LogP contribution in [0.5, 0.6) is 0 Å². The first kappa shape index (κ1) is 14.6. The van der Waals surface area contributed by atoms with Crippen molar-refractivity contribution in [1.29, 1.82) is 0 Å². The Kier molecular flexibility index (Phi) is 5.77. The molecular formula is C12H20N4OS. The van der Waals surface area contributed by atoms with E-state index in [0.29, 0.717) is 11.6 Å². The Morgan fingerprint density at radius 1 is 1.61 bits per heavy atom. The van der Waals surface area contributed by atoms with Crippen molar-refractivity contribution >= 4 is 23.4 Å². The molecule has 0 radical (unpaired) electrons. The van der Waals surface area contributed by atoms with E-state index in [1.807, 2.05) is 24.9 Å². The molecule has 0 saturated carbocycles. The van der Waals surface area contributed by atoms with Crippen LogP contribution in [-0.2, 0) is 0 Å².